The SMILES string of the molecule is CNC1(CO[C@H]2[C@H](n3ncnc3C(N)=O)C[C@]3(C)COC[C@@]24C2=CC[C@@]5(C)[C@H](C(=O)O)[C@@](C)([C@H](C)C(C)C)CC[C@]5(C)[C@H]2CC[C@H]34)CCCCC1. The fourth-order valence-corrected chi connectivity index (χ4v) is 13.7. The van der Waals surface area contributed by atoms with Gasteiger partial charge in [-0.1, -0.05) is 79.4 Å². The molecule has 1 aromatic rings. The first-order valence-corrected chi connectivity index (χ1v) is 20.0. The van der Waals surface area contributed by atoms with Crippen LogP contribution >= 0.6 is 0 Å². The average molecular weight is 708 g/mol. The highest BCUT2D eigenvalue weighted by Gasteiger charge is 2.73. The lowest BCUT2D eigenvalue weighted by Gasteiger charge is -2.71. The van der Waals surface area contributed by atoms with Crippen molar-refractivity contribution in [3.63, 3.8) is 0 Å². The number of carbonyl (C=O) groups is 2. The van der Waals surface area contributed by atoms with Gasteiger partial charge in [0.15, 0.2) is 0 Å². The summed E-state index contributed by atoms with van der Waals surface area (Å²) in [5, 5.41) is 19.5. The van der Waals surface area contributed by atoms with Gasteiger partial charge in [-0.25, -0.2) is 9.67 Å². The average Bonchev–Trinajstić information content (AvgIpc) is 3.58. The third-order valence-electron chi connectivity index (χ3n) is 17.0. The number of nitrogens with one attached hydrogen (secondary N) is 1. The number of rotatable bonds is 9. The second kappa shape index (κ2) is 12.6. The first kappa shape index (κ1) is 37.0. The Hall–Kier alpha value is -2.30. The van der Waals surface area contributed by atoms with Crippen molar-refractivity contribution in [2.75, 3.05) is 26.9 Å². The van der Waals surface area contributed by atoms with Crippen molar-refractivity contribution in [2.45, 2.75) is 137 Å². The molecule has 0 radical (unpaired) electrons. The Kier molecular flexibility index (Phi) is 9.18. The molecular weight excluding hydrogens is 642 g/mol. The van der Waals surface area contributed by atoms with Gasteiger partial charge in [-0.2, -0.15) is 5.10 Å². The van der Waals surface area contributed by atoms with Crippen LogP contribution in [0.25, 0.3) is 0 Å². The summed E-state index contributed by atoms with van der Waals surface area (Å²) >= 11 is 0. The van der Waals surface area contributed by atoms with Crippen LogP contribution in [-0.4, -0.2) is 70.3 Å². The summed E-state index contributed by atoms with van der Waals surface area (Å²) in [5.74, 6) is -0.319. The summed E-state index contributed by atoms with van der Waals surface area (Å²) in [4.78, 5) is 30.7. The fraction of sp³-hybridized carbons (Fsp3) is 0.854. The first-order valence-electron chi connectivity index (χ1n) is 20.0. The molecule has 1 aromatic heterocycles. The van der Waals surface area contributed by atoms with E-state index >= 15 is 0 Å². The van der Waals surface area contributed by atoms with Crippen LogP contribution in [0.1, 0.15) is 136 Å². The Bertz CT molecular complexity index is 1550. The molecule has 284 valence electrons. The summed E-state index contributed by atoms with van der Waals surface area (Å²) in [6.07, 6.45) is 14.7. The van der Waals surface area contributed by atoms with Crippen molar-refractivity contribution in [3.8, 4) is 0 Å². The van der Waals surface area contributed by atoms with Gasteiger partial charge in [-0.15, -0.1) is 0 Å². The smallest absolute Gasteiger partial charge is 0.307 e. The minimum absolute atomic E-state index is 0.116. The highest BCUT2D eigenvalue weighted by atomic mass is 16.5. The maximum atomic E-state index is 13.6. The van der Waals surface area contributed by atoms with Crippen LogP contribution < -0.4 is 11.1 Å². The van der Waals surface area contributed by atoms with Gasteiger partial charge in [0.1, 0.15) is 6.33 Å². The number of aliphatic carboxylic acids is 1. The zero-order valence-corrected chi connectivity index (χ0v) is 32.6. The topological polar surface area (TPSA) is 142 Å². The van der Waals surface area contributed by atoms with Gasteiger partial charge in [0.2, 0.25) is 5.82 Å². The Balaban J connectivity index is 1.38. The number of carboxylic acid groups (broad SMARTS) is 1. The third kappa shape index (κ3) is 5.18. The zero-order valence-electron chi connectivity index (χ0n) is 32.6. The lowest BCUT2D eigenvalue weighted by atomic mass is 9.34. The molecule has 1 aliphatic heterocycles. The number of hydrogen-bond acceptors (Lipinski definition) is 7. The summed E-state index contributed by atoms with van der Waals surface area (Å²) < 4.78 is 16.0. The van der Waals surface area contributed by atoms with Gasteiger partial charge in [-0.05, 0) is 104 Å². The molecular formula is C41H65N5O5. The lowest BCUT2D eigenvalue weighted by Crippen LogP contribution is -2.70. The first-order chi connectivity index (χ1) is 24.0. The molecule has 11 atom stereocenters. The highest BCUT2D eigenvalue weighted by Crippen LogP contribution is 2.75. The van der Waals surface area contributed by atoms with E-state index in [4.69, 9.17) is 20.3 Å². The molecule has 10 heteroatoms. The van der Waals surface area contributed by atoms with E-state index in [-0.39, 0.29) is 51.6 Å². The largest absolute Gasteiger partial charge is 0.481 e. The normalized spacial score (nSPS) is 43.7. The van der Waals surface area contributed by atoms with Crippen LogP contribution in [0.2, 0.25) is 0 Å². The number of nitrogens with zero attached hydrogens (tertiary/aromatic N) is 3. The van der Waals surface area contributed by atoms with E-state index in [0.29, 0.717) is 38.1 Å². The number of aromatic nitrogens is 3. The quantitative estimate of drug-likeness (QED) is 0.238. The van der Waals surface area contributed by atoms with E-state index in [1.54, 1.807) is 4.68 Å². The molecule has 6 aliphatic rings. The van der Waals surface area contributed by atoms with Crippen molar-refractivity contribution in [1.82, 2.24) is 20.1 Å². The molecule has 2 heterocycles. The molecule has 4 N–H and O–H groups in total. The Morgan fingerprint density at radius 1 is 1.06 bits per heavy atom. The minimum atomic E-state index is -0.648. The monoisotopic (exact) mass is 707 g/mol. The Labute approximate surface area is 305 Å². The molecule has 7 rings (SSSR count). The van der Waals surface area contributed by atoms with Crippen molar-refractivity contribution in [2.24, 2.45) is 62.4 Å². The summed E-state index contributed by atoms with van der Waals surface area (Å²) in [7, 11) is 2.06. The van der Waals surface area contributed by atoms with Gasteiger partial charge in [-0.3, -0.25) is 9.59 Å². The second-order valence-corrected chi connectivity index (χ2v) is 19.4. The van der Waals surface area contributed by atoms with Gasteiger partial charge in [0, 0.05) is 11.0 Å². The molecule has 10 nitrogen and oxygen atoms in total. The molecule has 2 bridgehead atoms. The fourth-order valence-electron chi connectivity index (χ4n) is 13.7. The second-order valence-electron chi connectivity index (χ2n) is 19.4. The predicted octanol–water partition coefficient (Wildman–Crippen LogP) is 6.81. The van der Waals surface area contributed by atoms with E-state index in [0.717, 1.165) is 44.9 Å². The molecule has 5 aliphatic carbocycles. The number of allylic oxidation sites excluding steroid dienone is 1. The molecule has 51 heavy (non-hydrogen) atoms. The number of likely N-dealkylation sites (N-methyl/N-ethyl adjacent to an activating group) is 1. The number of carbonyl (C=O) groups excluding carboxylic acids is 1. The summed E-state index contributed by atoms with van der Waals surface area (Å²) in [6.45, 7) is 17.9. The zero-order chi connectivity index (χ0) is 36.8. The van der Waals surface area contributed by atoms with E-state index in [9.17, 15) is 14.7 Å². The van der Waals surface area contributed by atoms with Crippen LogP contribution in [0.15, 0.2) is 18.0 Å². The molecule has 1 saturated heterocycles. The highest BCUT2D eigenvalue weighted by molar-refractivity contribution is 5.89. The number of nitrogens with two attached hydrogens (primary N) is 1. The van der Waals surface area contributed by atoms with Crippen molar-refractivity contribution in [1.29, 1.82) is 0 Å². The molecule has 4 saturated carbocycles. The number of carboxylic acids is 1. The minimum Gasteiger partial charge on any atom is -0.481 e. The lowest BCUT2D eigenvalue weighted by molar-refractivity contribution is -0.255. The van der Waals surface area contributed by atoms with E-state index < -0.39 is 28.6 Å². The molecule has 5 fully saturated rings. The van der Waals surface area contributed by atoms with Crippen LogP contribution in [-0.2, 0) is 14.3 Å². The molecule has 1 amide bonds. The van der Waals surface area contributed by atoms with Crippen LogP contribution in [0.4, 0.5) is 0 Å². The van der Waals surface area contributed by atoms with E-state index in [1.807, 2.05) is 0 Å². The number of primary amides is 1. The van der Waals surface area contributed by atoms with Crippen LogP contribution in [0.3, 0.4) is 0 Å². The number of amides is 1. The number of ether oxygens (including phenoxy) is 2. The number of fused-ring (bicyclic) bond motifs is 3. The molecule has 0 spiro atoms. The van der Waals surface area contributed by atoms with Crippen molar-refractivity contribution in [3.05, 3.63) is 23.8 Å². The van der Waals surface area contributed by atoms with Gasteiger partial charge in [0.25, 0.3) is 5.91 Å². The van der Waals surface area contributed by atoms with Gasteiger partial charge < -0.3 is 25.6 Å². The maximum absolute atomic E-state index is 13.6. The van der Waals surface area contributed by atoms with Crippen molar-refractivity contribution >= 4 is 11.9 Å². The van der Waals surface area contributed by atoms with Crippen molar-refractivity contribution < 1.29 is 24.2 Å². The summed E-state index contributed by atoms with van der Waals surface area (Å²) in [6, 6.07) is -0.258. The van der Waals surface area contributed by atoms with E-state index in [1.165, 1.54) is 31.2 Å². The summed E-state index contributed by atoms with van der Waals surface area (Å²) in [5.41, 5.74) is 5.65. The van der Waals surface area contributed by atoms with Crippen LogP contribution in [0.5, 0.6) is 0 Å². The number of hydrogen-bond donors (Lipinski definition) is 3. The van der Waals surface area contributed by atoms with E-state index in [2.05, 4.69) is 71.9 Å². The third-order valence-corrected chi connectivity index (χ3v) is 17.0. The molecule has 0 aromatic carbocycles. The Morgan fingerprint density at radius 3 is 2.43 bits per heavy atom. The Morgan fingerprint density at radius 2 is 1.78 bits per heavy atom. The molecule has 0 unspecified atom stereocenters. The van der Waals surface area contributed by atoms with Gasteiger partial charge >= 0.3 is 5.97 Å². The van der Waals surface area contributed by atoms with Gasteiger partial charge in [0.05, 0.1) is 37.9 Å². The maximum Gasteiger partial charge on any atom is 0.307 e. The van der Waals surface area contributed by atoms with Crippen LogP contribution in [0, 0.1) is 56.7 Å². The predicted molar refractivity (Wildman–Crippen MR) is 196 cm³/mol. The standard InChI is InChI=1S/C41H65N5O5/c1-25(2)26(3)37(5)18-19-38(6)27-12-13-30-36(4)20-29(46-34(33(42)47)44-24-45-46)32(51-22-40(43-8)15-10-9-11-16-40)41(30,23-50-21-36)28(27)14-17-39(38,7)31(37)35(48)49/h14,24-27,29-32,43H,9-13,15-23H2,1-8H3,(H2,42,47)(H,48,49)/t26-,27+,29-,30-,31-,32+,36-,37-,38-,39+,41+/m1/s1.